The zero-order valence-corrected chi connectivity index (χ0v) is 12.4. The van der Waals surface area contributed by atoms with Crippen LogP contribution in [0.25, 0.3) is 0 Å². The Bertz CT molecular complexity index is 326. The van der Waals surface area contributed by atoms with Crippen LogP contribution in [0.2, 0.25) is 0 Å². The predicted molar refractivity (Wildman–Crippen MR) is 74.9 cm³/mol. The highest BCUT2D eigenvalue weighted by Gasteiger charge is 2.15. The highest BCUT2D eigenvalue weighted by molar-refractivity contribution is 9.09. The first kappa shape index (κ1) is 14.5. The molecule has 1 aromatic rings. The van der Waals surface area contributed by atoms with Crippen molar-refractivity contribution in [3.63, 3.8) is 0 Å². The number of methoxy groups -OCH3 is 1. The van der Waals surface area contributed by atoms with Gasteiger partial charge < -0.3 is 9.47 Å². The van der Waals surface area contributed by atoms with Gasteiger partial charge in [-0.25, -0.2) is 0 Å². The summed E-state index contributed by atoms with van der Waals surface area (Å²) in [7, 11) is 1.69. The fourth-order valence-corrected chi connectivity index (χ4v) is 2.13. The van der Waals surface area contributed by atoms with Crippen LogP contribution in [0.4, 0.5) is 0 Å². The van der Waals surface area contributed by atoms with Crippen molar-refractivity contribution in [1.29, 1.82) is 0 Å². The van der Waals surface area contributed by atoms with Gasteiger partial charge in [0.05, 0.1) is 13.2 Å². The molecule has 0 aliphatic rings. The highest BCUT2D eigenvalue weighted by Crippen LogP contribution is 2.28. The molecule has 1 unspecified atom stereocenters. The van der Waals surface area contributed by atoms with Crippen LogP contribution in [0.3, 0.4) is 0 Å². The first-order valence-electron chi connectivity index (χ1n) is 5.99. The maximum Gasteiger partial charge on any atom is 0.124 e. The van der Waals surface area contributed by atoms with Crippen molar-refractivity contribution in [2.75, 3.05) is 19.0 Å². The molecule has 0 aromatic heterocycles. The Balaban J connectivity index is 2.65. The SMILES string of the molecule is COc1ccccc1C(CBr)OCCC(C)C. The van der Waals surface area contributed by atoms with Crippen LogP contribution in [0.5, 0.6) is 5.75 Å². The Hall–Kier alpha value is -0.540. The van der Waals surface area contributed by atoms with E-state index in [1.807, 2.05) is 18.2 Å². The van der Waals surface area contributed by atoms with E-state index in [-0.39, 0.29) is 6.10 Å². The molecule has 0 spiro atoms. The predicted octanol–water partition coefficient (Wildman–Crippen LogP) is 4.19. The molecule has 1 aromatic carbocycles. The van der Waals surface area contributed by atoms with Crippen LogP contribution in [-0.2, 0) is 4.74 Å². The fourth-order valence-electron chi connectivity index (χ4n) is 1.60. The van der Waals surface area contributed by atoms with E-state index < -0.39 is 0 Å². The van der Waals surface area contributed by atoms with Gasteiger partial charge in [0.15, 0.2) is 0 Å². The van der Waals surface area contributed by atoms with Gasteiger partial charge in [0.25, 0.3) is 0 Å². The van der Waals surface area contributed by atoms with E-state index >= 15 is 0 Å². The third-order valence-electron chi connectivity index (χ3n) is 2.64. The van der Waals surface area contributed by atoms with Crippen LogP contribution in [-0.4, -0.2) is 19.0 Å². The van der Waals surface area contributed by atoms with Crippen molar-refractivity contribution in [2.24, 2.45) is 5.92 Å². The molecule has 0 N–H and O–H groups in total. The minimum Gasteiger partial charge on any atom is -0.496 e. The van der Waals surface area contributed by atoms with E-state index in [0.29, 0.717) is 5.92 Å². The van der Waals surface area contributed by atoms with Crippen molar-refractivity contribution in [3.05, 3.63) is 29.8 Å². The van der Waals surface area contributed by atoms with Crippen LogP contribution in [0.1, 0.15) is 31.9 Å². The molecule has 0 saturated carbocycles. The maximum absolute atomic E-state index is 5.90. The van der Waals surface area contributed by atoms with Gasteiger partial charge in [-0.05, 0) is 18.4 Å². The number of para-hydroxylation sites is 1. The van der Waals surface area contributed by atoms with Crippen molar-refractivity contribution in [3.8, 4) is 5.75 Å². The van der Waals surface area contributed by atoms with Gasteiger partial charge in [-0.15, -0.1) is 0 Å². The third kappa shape index (κ3) is 4.68. The number of halogens is 1. The van der Waals surface area contributed by atoms with Gasteiger partial charge in [0.2, 0.25) is 0 Å². The molecular weight excluding hydrogens is 280 g/mol. The first-order chi connectivity index (χ1) is 8.19. The number of alkyl halides is 1. The largest absolute Gasteiger partial charge is 0.496 e. The smallest absolute Gasteiger partial charge is 0.124 e. The average Bonchev–Trinajstić information content (AvgIpc) is 2.34. The van der Waals surface area contributed by atoms with Gasteiger partial charge in [0, 0.05) is 17.5 Å². The lowest BCUT2D eigenvalue weighted by atomic mass is 10.1. The highest BCUT2D eigenvalue weighted by atomic mass is 79.9. The molecule has 0 saturated heterocycles. The summed E-state index contributed by atoms with van der Waals surface area (Å²) in [4.78, 5) is 0. The van der Waals surface area contributed by atoms with Crippen molar-refractivity contribution >= 4 is 15.9 Å². The van der Waals surface area contributed by atoms with E-state index in [2.05, 4.69) is 35.8 Å². The molecule has 0 fully saturated rings. The summed E-state index contributed by atoms with van der Waals surface area (Å²) in [5, 5.41) is 0.783. The van der Waals surface area contributed by atoms with Crippen molar-refractivity contribution in [1.82, 2.24) is 0 Å². The van der Waals surface area contributed by atoms with E-state index in [1.165, 1.54) is 0 Å². The van der Waals surface area contributed by atoms with E-state index in [9.17, 15) is 0 Å². The summed E-state index contributed by atoms with van der Waals surface area (Å²) >= 11 is 3.50. The van der Waals surface area contributed by atoms with Crippen molar-refractivity contribution in [2.45, 2.75) is 26.4 Å². The molecule has 96 valence electrons. The molecule has 17 heavy (non-hydrogen) atoms. The molecule has 0 heterocycles. The number of hydrogen-bond donors (Lipinski definition) is 0. The van der Waals surface area contributed by atoms with E-state index in [4.69, 9.17) is 9.47 Å². The number of benzene rings is 1. The summed E-state index contributed by atoms with van der Waals surface area (Å²) in [6.45, 7) is 5.19. The lowest BCUT2D eigenvalue weighted by molar-refractivity contribution is 0.0606. The fraction of sp³-hybridized carbons (Fsp3) is 0.571. The zero-order chi connectivity index (χ0) is 12.7. The maximum atomic E-state index is 5.90. The molecule has 0 aliphatic carbocycles. The second kappa shape index (κ2) is 7.72. The second-order valence-electron chi connectivity index (χ2n) is 4.44. The summed E-state index contributed by atoms with van der Waals surface area (Å²) in [5.41, 5.74) is 1.11. The molecular formula is C14H21BrO2. The minimum atomic E-state index is 0.0601. The molecule has 2 nitrogen and oxygen atoms in total. The molecule has 0 aliphatic heterocycles. The monoisotopic (exact) mass is 300 g/mol. The average molecular weight is 301 g/mol. The second-order valence-corrected chi connectivity index (χ2v) is 5.09. The van der Waals surface area contributed by atoms with Gasteiger partial charge in [0.1, 0.15) is 5.75 Å². The van der Waals surface area contributed by atoms with E-state index in [0.717, 1.165) is 29.7 Å². The molecule has 0 radical (unpaired) electrons. The summed E-state index contributed by atoms with van der Waals surface area (Å²) in [5.74, 6) is 1.56. The summed E-state index contributed by atoms with van der Waals surface area (Å²) < 4.78 is 11.3. The molecule has 0 amide bonds. The Morgan fingerprint density at radius 1 is 1.24 bits per heavy atom. The van der Waals surface area contributed by atoms with Gasteiger partial charge in [-0.3, -0.25) is 0 Å². The Labute approximate surface area is 112 Å². The summed E-state index contributed by atoms with van der Waals surface area (Å²) in [6.07, 6.45) is 1.14. The van der Waals surface area contributed by atoms with Gasteiger partial charge >= 0.3 is 0 Å². The lowest BCUT2D eigenvalue weighted by Crippen LogP contribution is -2.09. The third-order valence-corrected chi connectivity index (χ3v) is 3.23. The topological polar surface area (TPSA) is 18.5 Å². The lowest BCUT2D eigenvalue weighted by Gasteiger charge is -2.19. The van der Waals surface area contributed by atoms with E-state index in [1.54, 1.807) is 7.11 Å². The molecule has 0 bridgehead atoms. The number of ether oxygens (including phenoxy) is 2. The summed E-state index contributed by atoms with van der Waals surface area (Å²) in [6, 6.07) is 8.01. The Morgan fingerprint density at radius 2 is 1.94 bits per heavy atom. The zero-order valence-electron chi connectivity index (χ0n) is 10.8. The standard InChI is InChI=1S/C14H21BrO2/c1-11(2)8-9-17-14(10-15)12-6-4-5-7-13(12)16-3/h4-7,11,14H,8-10H2,1-3H3. The first-order valence-corrected chi connectivity index (χ1v) is 7.11. The quantitative estimate of drug-likeness (QED) is 0.703. The molecule has 3 heteroatoms. The number of hydrogen-bond acceptors (Lipinski definition) is 2. The van der Waals surface area contributed by atoms with Crippen LogP contribution in [0.15, 0.2) is 24.3 Å². The Kier molecular flexibility index (Phi) is 6.60. The van der Waals surface area contributed by atoms with Gasteiger partial charge in [-0.2, -0.15) is 0 Å². The van der Waals surface area contributed by atoms with Crippen LogP contribution in [0, 0.1) is 5.92 Å². The normalized spacial score (nSPS) is 12.8. The minimum absolute atomic E-state index is 0.0601. The molecule has 1 atom stereocenters. The van der Waals surface area contributed by atoms with Crippen LogP contribution < -0.4 is 4.74 Å². The van der Waals surface area contributed by atoms with Gasteiger partial charge in [-0.1, -0.05) is 48.0 Å². The van der Waals surface area contributed by atoms with Crippen molar-refractivity contribution < 1.29 is 9.47 Å². The van der Waals surface area contributed by atoms with Crippen LogP contribution >= 0.6 is 15.9 Å². The Morgan fingerprint density at radius 3 is 2.53 bits per heavy atom. The molecule has 1 rings (SSSR count). The number of rotatable bonds is 7.